The number of nitrogens with zero attached hydrogens (tertiary/aromatic N) is 1. The number of hydrogen-bond donors (Lipinski definition) is 3. The molecule has 4 unspecified atom stereocenters. The fourth-order valence-electron chi connectivity index (χ4n) is 5.45. The molecule has 1 saturated heterocycles. The van der Waals surface area contributed by atoms with Crippen LogP contribution in [0.2, 0.25) is 0 Å². The van der Waals surface area contributed by atoms with Gasteiger partial charge in [-0.25, -0.2) is 4.31 Å². The number of nitrogens with one attached hydrogen (secondary N) is 3. The fourth-order valence-corrected chi connectivity index (χ4v) is 6.90. The van der Waals surface area contributed by atoms with Gasteiger partial charge in [0.25, 0.3) is 0 Å². The number of piperazine rings is 1. The van der Waals surface area contributed by atoms with Crippen molar-refractivity contribution >= 4 is 21.3 Å². The smallest absolute Gasteiger partial charge is 0.0460 e. The highest BCUT2D eigenvalue weighted by Crippen LogP contribution is 2.51. The number of rotatable bonds is 12. The standard InChI is InChI=1S/C30H46N4S/c1-5-24(10-9-23(2)3)11-12-28-22-30(28)26-15-13-25(14-16-26)27-7-6-8-29(21-27)33-35(4,31)34-19-17-32-18-20-34/h6-8,13-16,21,23-24,28,30,32H,4-5,9-12,17-20,22H2,1-3H3,(H2,31,33). The van der Waals surface area contributed by atoms with Crippen molar-refractivity contribution in [2.75, 3.05) is 30.9 Å². The monoisotopic (exact) mass is 494 g/mol. The average Bonchev–Trinajstić information content (AvgIpc) is 3.64. The Kier molecular flexibility index (Phi) is 8.96. The molecular weight excluding hydrogens is 448 g/mol. The van der Waals surface area contributed by atoms with E-state index in [0.29, 0.717) is 0 Å². The van der Waals surface area contributed by atoms with Crippen molar-refractivity contribution in [1.82, 2.24) is 9.62 Å². The summed E-state index contributed by atoms with van der Waals surface area (Å²) in [6, 6.07) is 17.7. The van der Waals surface area contributed by atoms with Gasteiger partial charge in [0.2, 0.25) is 0 Å². The van der Waals surface area contributed by atoms with Gasteiger partial charge >= 0.3 is 0 Å². The summed E-state index contributed by atoms with van der Waals surface area (Å²) in [6.07, 6.45) is 8.27. The molecule has 1 aliphatic heterocycles. The molecule has 2 aromatic rings. The second-order valence-corrected chi connectivity index (χ2v) is 13.2. The van der Waals surface area contributed by atoms with Gasteiger partial charge in [0.15, 0.2) is 0 Å². The summed E-state index contributed by atoms with van der Waals surface area (Å²) < 4.78 is 14.4. The lowest BCUT2D eigenvalue weighted by Gasteiger charge is -2.33. The SMILES string of the molecule is C=S(=N)(Nc1cccc(-c2ccc(C3CC3CCC(CC)CCC(C)C)cc2)c1)N1CCNCC1. The molecule has 0 aromatic heterocycles. The molecule has 1 heterocycles. The molecular formula is C30H46N4S. The van der Waals surface area contributed by atoms with Crippen molar-refractivity contribution < 1.29 is 0 Å². The molecule has 0 spiro atoms. The van der Waals surface area contributed by atoms with Crippen LogP contribution in [0.25, 0.3) is 11.1 Å². The predicted octanol–water partition coefficient (Wildman–Crippen LogP) is 7.20. The van der Waals surface area contributed by atoms with E-state index < -0.39 is 9.79 Å². The molecule has 0 amide bonds. The minimum atomic E-state index is -2.03. The molecule has 2 aliphatic rings. The maximum atomic E-state index is 8.81. The van der Waals surface area contributed by atoms with Crippen molar-refractivity contribution in [3.63, 3.8) is 0 Å². The van der Waals surface area contributed by atoms with E-state index in [1.165, 1.54) is 55.2 Å². The van der Waals surface area contributed by atoms with Gasteiger partial charge in [-0.2, -0.15) is 0 Å². The van der Waals surface area contributed by atoms with Crippen molar-refractivity contribution in [3.8, 4) is 11.1 Å². The second-order valence-electron chi connectivity index (χ2n) is 11.1. The van der Waals surface area contributed by atoms with Crippen LogP contribution in [0.15, 0.2) is 48.5 Å². The Morgan fingerprint density at radius 3 is 2.49 bits per heavy atom. The van der Waals surface area contributed by atoms with E-state index in [-0.39, 0.29) is 0 Å². The number of anilines is 1. The maximum absolute atomic E-state index is 8.81. The van der Waals surface area contributed by atoms with Crippen LogP contribution in [0.1, 0.15) is 70.8 Å². The summed E-state index contributed by atoms with van der Waals surface area (Å²) in [5.41, 5.74) is 4.93. The van der Waals surface area contributed by atoms with Crippen LogP contribution in [-0.2, 0) is 9.79 Å². The summed E-state index contributed by atoms with van der Waals surface area (Å²) >= 11 is 0. The van der Waals surface area contributed by atoms with E-state index in [9.17, 15) is 0 Å². The lowest BCUT2D eigenvalue weighted by atomic mass is 9.90. The zero-order chi connectivity index (χ0) is 24.8. The highest BCUT2D eigenvalue weighted by Gasteiger charge is 2.37. The summed E-state index contributed by atoms with van der Waals surface area (Å²) in [4.78, 5) is 0. The van der Waals surface area contributed by atoms with Crippen LogP contribution in [0, 0.1) is 22.5 Å². The third kappa shape index (κ3) is 7.34. The van der Waals surface area contributed by atoms with Crippen LogP contribution in [0.3, 0.4) is 0 Å². The largest absolute Gasteiger partial charge is 0.317 e. The number of benzene rings is 2. The van der Waals surface area contributed by atoms with E-state index in [2.05, 4.69) is 89.5 Å². The summed E-state index contributed by atoms with van der Waals surface area (Å²) in [7, 11) is -2.03. The van der Waals surface area contributed by atoms with Gasteiger partial charge in [-0.1, -0.05) is 82.9 Å². The Hall–Kier alpha value is -1.82. The first-order valence-corrected chi connectivity index (χ1v) is 15.5. The summed E-state index contributed by atoms with van der Waals surface area (Å²) in [5, 5.41) is 3.36. The molecule has 2 aromatic carbocycles. The molecule has 1 aliphatic carbocycles. The molecule has 4 nitrogen and oxygen atoms in total. The quantitative estimate of drug-likeness (QED) is 0.274. The van der Waals surface area contributed by atoms with Gasteiger partial charge in [0.1, 0.15) is 0 Å². The Morgan fingerprint density at radius 1 is 1.06 bits per heavy atom. The van der Waals surface area contributed by atoms with E-state index in [4.69, 9.17) is 4.78 Å². The van der Waals surface area contributed by atoms with E-state index in [1.54, 1.807) is 0 Å². The molecule has 5 heteroatoms. The van der Waals surface area contributed by atoms with Crippen molar-refractivity contribution in [3.05, 3.63) is 54.1 Å². The van der Waals surface area contributed by atoms with Crippen LogP contribution >= 0.6 is 0 Å². The van der Waals surface area contributed by atoms with Gasteiger partial charge in [0.05, 0.1) is 0 Å². The normalized spacial score (nSPS) is 23.1. The Bertz CT molecular complexity index is 1040. The molecule has 3 N–H and O–H groups in total. The van der Waals surface area contributed by atoms with Crippen LogP contribution in [-0.4, -0.2) is 36.4 Å². The van der Waals surface area contributed by atoms with E-state index in [1.807, 2.05) is 0 Å². The summed E-state index contributed by atoms with van der Waals surface area (Å²) in [5.74, 6) is 7.61. The Morgan fingerprint density at radius 2 is 1.80 bits per heavy atom. The first-order chi connectivity index (χ1) is 16.9. The van der Waals surface area contributed by atoms with Gasteiger partial charge in [0, 0.05) is 31.9 Å². The third-order valence-electron chi connectivity index (χ3n) is 7.94. The molecule has 2 fully saturated rings. The van der Waals surface area contributed by atoms with E-state index in [0.717, 1.165) is 55.5 Å². The summed E-state index contributed by atoms with van der Waals surface area (Å²) in [6.45, 7) is 10.7. The molecule has 4 rings (SSSR count). The van der Waals surface area contributed by atoms with Gasteiger partial charge in [-0.05, 0) is 81.0 Å². The van der Waals surface area contributed by atoms with E-state index >= 15 is 0 Å². The van der Waals surface area contributed by atoms with Gasteiger partial charge < -0.3 is 10.0 Å². The van der Waals surface area contributed by atoms with Crippen molar-refractivity contribution in [1.29, 1.82) is 4.78 Å². The first kappa shape index (κ1) is 26.2. The Balaban J connectivity index is 1.32. The van der Waals surface area contributed by atoms with Crippen LogP contribution < -0.4 is 10.0 Å². The lowest BCUT2D eigenvalue weighted by molar-refractivity contribution is 0.373. The molecule has 1 saturated carbocycles. The fraction of sp³-hybridized carbons (Fsp3) is 0.567. The van der Waals surface area contributed by atoms with Crippen LogP contribution in [0.4, 0.5) is 5.69 Å². The van der Waals surface area contributed by atoms with Crippen LogP contribution in [0.5, 0.6) is 0 Å². The molecule has 192 valence electrons. The van der Waals surface area contributed by atoms with Crippen molar-refractivity contribution in [2.45, 2.75) is 65.2 Å². The van der Waals surface area contributed by atoms with Gasteiger partial charge in [-0.3, -0.25) is 4.78 Å². The molecule has 4 atom stereocenters. The highest BCUT2D eigenvalue weighted by atomic mass is 32.2. The molecule has 0 radical (unpaired) electrons. The molecule has 0 bridgehead atoms. The zero-order valence-corrected chi connectivity index (χ0v) is 22.9. The topological polar surface area (TPSA) is 51.2 Å². The average molecular weight is 495 g/mol. The minimum absolute atomic E-state index is 0.761. The first-order valence-electron chi connectivity index (χ1n) is 13.7. The zero-order valence-electron chi connectivity index (χ0n) is 22.1. The van der Waals surface area contributed by atoms with Crippen molar-refractivity contribution in [2.24, 2.45) is 17.8 Å². The Labute approximate surface area is 214 Å². The second kappa shape index (κ2) is 11.9. The lowest BCUT2D eigenvalue weighted by Crippen LogP contribution is -2.47. The third-order valence-corrected chi connectivity index (χ3v) is 9.76. The predicted molar refractivity (Wildman–Crippen MR) is 155 cm³/mol. The highest BCUT2D eigenvalue weighted by molar-refractivity contribution is 8.00. The minimum Gasteiger partial charge on any atom is -0.317 e. The molecule has 35 heavy (non-hydrogen) atoms. The van der Waals surface area contributed by atoms with Gasteiger partial charge in [-0.15, -0.1) is 0 Å². The number of hydrogen-bond acceptors (Lipinski definition) is 2. The maximum Gasteiger partial charge on any atom is 0.0460 e.